The predicted octanol–water partition coefficient (Wildman–Crippen LogP) is 2.10. The van der Waals surface area contributed by atoms with Gasteiger partial charge >= 0.3 is 0 Å². The summed E-state index contributed by atoms with van der Waals surface area (Å²) in [6.07, 6.45) is 4.24. The highest BCUT2D eigenvalue weighted by atomic mass is 16.1. The number of nitrogens with zero attached hydrogens (tertiary/aromatic N) is 2. The lowest BCUT2D eigenvalue weighted by Crippen LogP contribution is -2.28. The van der Waals surface area contributed by atoms with Gasteiger partial charge in [-0.15, -0.1) is 0 Å². The number of aromatic amines is 1. The second-order valence-electron chi connectivity index (χ2n) is 6.64. The number of carbonyl (C=O) groups excluding carboxylic acids is 1. The Bertz CT molecular complexity index is 982. The van der Waals surface area contributed by atoms with E-state index < -0.39 is 0 Å². The van der Waals surface area contributed by atoms with E-state index >= 15 is 0 Å². The zero-order valence-electron chi connectivity index (χ0n) is 13.6. The molecule has 2 N–H and O–H groups in total. The maximum Gasteiger partial charge on any atom is 0.277 e. The molecule has 0 spiro atoms. The molecule has 1 aliphatic carbocycles. The van der Waals surface area contributed by atoms with E-state index in [1.807, 2.05) is 25.1 Å². The van der Waals surface area contributed by atoms with Gasteiger partial charge in [-0.3, -0.25) is 14.2 Å². The van der Waals surface area contributed by atoms with Crippen LogP contribution in [-0.4, -0.2) is 27.0 Å². The van der Waals surface area contributed by atoms with Crippen LogP contribution in [0.5, 0.6) is 0 Å². The first-order valence-electron chi connectivity index (χ1n) is 8.36. The van der Waals surface area contributed by atoms with Crippen LogP contribution in [-0.2, 0) is 11.3 Å². The molecule has 6 nitrogen and oxygen atoms in total. The highest BCUT2D eigenvalue weighted by Gasteiger charge is 2.21. The SMILES string of the molecule is Cc1ccc2[nH]c3c(=O)n(CCC(=O)NCC4CC4)cnc3c2c1. The van der Waals surface area contributed by atoms with E-state index in [0.717, 1.165) is 23.0 Å². The summed E-state index contributed by atoms with van der Waals surface area (Å²) in [6, 6.07) is 5.98. The van der Waals surface area contributed by atoms with Crippen molar-refractivity contribution in [2.45, 2.75) is 32.7 Å². The molecule has 1 amide bonds. The van der Waals surface area contributed by atoms with Crippen molar-refractivity contribution in [3.8, 4) is 0 Å². The van der Waals surface area contributed by atoms with Gasteiger partial charge in [0, 0.05) is 30.4 Å². The van der Waals surface area contributed by atoms with E-state index in [4.69, 9.17) is 0 Å². The van der Waals surface area contributed by atoms with Crippen molar-refractivity contribution < 1.29 is 4.79 Å². The Balaban J connectivity index is 1.57. The second kappa shape index (κ2) is 5.78. The molecule has 1 aromatic carbocycles. The first kappa shape index (κ1) is 14.9. The van der Waals surface area contributed by atoms with Crippen LogP contribution in [0.1, 0.15) is 24.8 Å². The average Bonchev–Trinajstić information content (AvgIpc) is 3.33. The van der Waals surface area contributed by atoms with Gasteiger partial charge in [0.2, 0.25) is 5.91 Å². The van der Waals surface area contributed by atoms with Crippen molar-refractivity contribution in [3.05, 3.63) is 40.4 Å². The number of aromatic nitrogens is 3. The van der Waals surface area contributed by atoms with Gasteiger partial charge in [-0.05, 0) is 37.8 Å². The van der Waals surface area contributed by atoms with Crippen LogP contribution in [0.25, 0.3) is 21.9 Å². The van der Waals surface area contributed by atoms with E-state index in [0.29, 0.717) is 29.9 Å². The number of benzene rings is 1. The number of hydrogen-bond acceptors (Lipinski definition) is 3. The zero-order valence-corrected chi connectivity index (χ0v) is 13.6. The molecule has 1 fully saturated rings. The maximum atomic E-state index is 12.6. The van der Waals surface area contributed by atoms with Crippen molar-refractivity contribution in [2.75, 3.05) is 6.54 Å². The molecule has 24 heavy (non-hydrogen) atoms. The molecule has 0 atom stereocenters. The molecule has 1 saturated carbocycles. The fourth-order valence-electron chi connectivity index (χ4n) is 2.95. The maximum absolute atomic E-state index is 12.6. The topological polar surface area (TPSA) is 79.8 Å². The fraction of sp³-hybridized carbons (Fsp3) is 0.389. The van der Waals surface area contributed by atoms with Gasteiger partial charge in [0.05, 0.1) is 6.33 Å². The van der Waals surface area contributed by atoms with Crippen LogP contribution in [0.3, 0.4) is 0 Å². The number of hydrogen-bond donors (Lipinski definition) is 2. The normalized spacial score (nSPS) is 14.4. The third-order valence-corrected chi connectivity index (χ3v) is 4.59. The first-order valence-corrected chi connectivity index (χ1v) is 8.36. The number of carbonyl (C=O) groups is 1. The third-order valence-electron chi connectivity index (χ3n) is 4.59. The predicted molar refractivity (Wildman–Crippen MR) is 92.9 cm³/mol. The number of fused-ring (bicyclic) bond motifs is 3. The van der Waals surface area contributed by atoms with E-state index in [2.05, 4.69) is 15.3 Å². The lowest BCUT2D eigenvalue weighted by molar-refractivity contribution is -0.121. The summed E-state index contributed by atoms with van der Waals surface area (Å²) in [5.41, 5.74) is 3.08. The van der Waals surface area contributed by atoms with Crippen molar-refractivity contribution >= 4 is 27.8 Å². The smallest absolute Gasteiger partial charge is 0.277 e. The number of aryl methyl sites for hydroxylation is 2. The summed E-state index contributed by atoms with van der Waals surface area (Å²) in [5, 5.41) is 3.87. The van der Waals surface area contributed by atoms with Gasteiger partial charge in [-0.1, -0.05) is 11.6 Å². The average molecular weight is 324 g/mol. The van der Waals surface area contributed by atoms with Gasteiger partial charge in [0.15, 0.2) is 0 Å². The molecule has 0 saturated heterocycles. The zero-order chi connectivity index (χ0) is 16.7. The fourth-order valence-corrected chi connectivity index (χ4v) is 2.95. The molecule has 0 radical (unpaired) electrons. The van der Waals surface area contributed by atoms with Crippen molar-refractivity contribution in [1.82, 2.24) is 19.9 Å². The molecule has 0 unspecified atom stereocenters. The van der Waals surface area contributed by atoms with Crippen LogP contribution in [0.2, 0.25) is 0 Å². The number of rotatable bonds is 5. The van der Waals surface area contributed by atoms with E-state index in [1.165, 1.54) is 23.7 Å². The minimum Gasteiger partial charge on any atom is -0.356 e. The van der Waals surface area contributed by atoms with Gasteiger partial charge in [-0.2, -0.15) is 0 Å². The number of amides is 1. The molecule has 0 aliphatic heterocycles. The molecule has 124 valence electrons. The van der Waals surface area contributed by atoms with E-state index in [-0.39, 0.29) is 11.5 Å². The molecule has 2 aromatic heterocycles. The second-order valence-corrected chi connectivity index (χ2v) is 6.64. The van der Waals surface area contributed by atoms with Crippen LogP contribution in [0, 0.1) is 12.8 Å². The summed E-state index contributed by atoms with van der Waals surface area (Å²) >= 11 is 0. The molecular weight excluding hydrogens is 304 g/mol. The van der Waals surface area contributed by atoms with Crippen LogP contribution < -0.4 is 10.9 Å². The summed E-state index contributed by atoms with van der Waals surface area (Å²) in [7, 11) is 0. The van der Waals surface area contributed by atoms with E-state index in [1.54, 1.807) is 0 Å². The van der Waals surface area contributed by atoms with E-state index in [9.17, 15) is 9.59 Å². The Morgan fingerprint density at radius 2 is 2.25 bits per heavy atom. The minimum absolute atomic E-state index is 0.0128. The first-order chi connectivity index (χ1) is 11.6. The van der Waals surface area contributed by atoms with Crippen LogP contribution in [0.4, 0.5) is 0 Å². The summed E-state index contributed by atoms with van der Waals surface area (Å²) in [4.78, 5) is 32.1. The van der Waals surface area contributed by atoms with Crippen LogP contribution in [0.15, 0.2) is 29.3 Å². The Hall–Kier alpha value is -2.63. The highest BCUT2D eigenvalue weighted by molar-refractivity contribution is 6.04. The lowest BCUT2D eigenvalue weighted by atomic mass is 10.2. The number of nitrogens with one attached hydrogen (secondary N) is 2. The van der Waals surface area contributed by atoms with Crippen molar-refractivity contribution in [3.63, 3.8) is 0 Å². The minimum atomic E-state index is -0.135. The Kier molecular flexibility index (Phi) is 3.59. The van der Waals surface area contributed by atoms with Gasteiger partial charge in [-0.25, -0.2) is 4.98 Å². The molecule has 0 bridgehead atoms. The van der Waals surface area contributed by atoms with Gasteiger partial charge in [0.25, 0.3) is 5.56 Å². The largest absolute Gasteiger partial charge is 0.356 e. The quantitative estimate of drug-likeness (QED) is 0.754. The molecule has 1 aliphatic rings. The molecule has 4 rings (SSSR count). The summed E-state index contributed by atoms with van der Waals surface area (Å²) in [5.74, 6) is 0.644. The Labute approximate surface area is 138 Å². The lowest BCUT2D eigenvalue weighted by Gasteiger charge is -2.06. The van der Waals surface area contributed by atoms with Gasteiger partial charge < -0.3 is 10.3 Å². The molecule has 2 heterocycles. The molecule has 3 aromatic rings. The Morgan fingerprint density at radius 3 is 3.04 bits per heavy atom. The number of H-pyrrole nitrogens is 1. The monoisotopic (exact) mass is 324 g/mol. The summed E-state index contributed by atoms with van der Waals surface area (Å²) in [6.45, 7) is 3.11. The van der Waals surface area contributed by atoms with Crippen molar-refractivity contribution in [2.24, 2.45) is 5.92 Å². The Morgan fingerprint density at radius 1 is 1.42 bits per heavy atom. The summed E-state index contributed by atoms with van der Waals surface area (Å²) < 4.78 is 1.50. The standard InChI is InChI=1S/C18H20N4O2/c1-11-2-5-14-13(8-11)16-17(21-14)18(24)22(10-20-16)7-6-15(23)19-9-12-3-4-12/h2,5,8,10,12,21H,3-4,6-7,9H2,1H3,(H,19,23). The molecular formula is C18H20N4O2. The van der Waals surface area contributed by atoms with Gasteiger partial charge in [0.1, 0.15) is 11.0 Å². The van der Waals surface area contributed by atoms with Crippen molar-refractivity contribution in [1.29, 1.82) is 0 Å². The third kappa shape index (κ3) is 2.79. The molecule has 6 heteroatoms. The highest BCUT2D eigenvalue weighted by Crippen LogP contribution is 2.27. The van der Waals surface area contributed by atoms with Crippen LogP contribution >= 0.6 is 0 Å².